The van der Waals surface area contributed by atoms with E-state index in [1.165, 1.54) is 26.7 Å². The maximum absolute atomic E-state index is 14.0. The first-order valence-electron chi connectivity index (χ1n) is 12.1. The number of nitrogens with zero attached hydrogens (tertiary/aromatic N) is 2. The summed E-state index contributed by atoms with van der Waals surface area (Å²) in [5.41, 5.74) is 1.30. The topological polar surface area (TPSA) is 70.4 Å². The van der Waals surface area contributed by atoms with Crippen molar-refractivity contribution in [2.75, 3.05) is 0 Å². The molecular weight excluding hydrogens is 651 g/mol. The van der Waals surface area contributed by atoms with Gasteiger partial charge in [0.05, 0.1) is 0 Å². The first-order chi connectivity index (χ1) is 18.9. The molecule has 6 nitrogen and oxygen atoms in total. The standard InChI is InChI=1S/C17H13ClN2O2.C10H7F3O2.2CH3.Sn/c1-11-15(16(21)12-7-9-13(18)10-8-12)17(22)20(19-11)14-5-3-2-4-6-14;11-10(12,13)9(15)6-8(14)7-4-2-1-3-5-7;;;/h2-10,22H,1H3;1-6,15H;2*1H3;/q;;;;+2/p-2/b;9-6-;;;. The third-order valence-electron chi connectivity index (χ3n) is 5.65. The molecule has 1 aromatic heterocycles. The molecule has 0 aliphatic carbocycles. The zero-order chi connectivity index (χ0) is 29.1. The van der Waals surface area contributed by atoms with Crippen LogP contribution in [0.1, 0.15) is 32.0 Å². The molecule has 0 aliphatic rings. The Labute approximate surface area is 239 Å². The third-order valence-corrected chi connectivity index (χ3v) is 9.89. The van der Waals surface area contributed by atoms with Gasteiger partial charge in [-0.1, -0.05) is 0 Å². The Morgan fingerprint density at radius 1 is 0.900 bits per heavy atom. The second-order valence-electron chi connectivity index (χ2n) is 9.19. The van der Waals surface area contributed by atoms with E-state index in [2.05, 4.69) is 5.10 Å². The Kier molecular flexibility index (Phi) is 8.74. The van der Waals surface area contributed by atoms with Crippen LogP contribution in [0, 0.1) is 6.92 Å². The van der Waals surface area contributed by atoms with Gasteiger partial charge in [0.15, 0.2) is 0 Å². The first kappa shape index (κ1) is 29.4. The summed E-state index contributed by atoms with van der Waals surface area (Å²) in [6.45, 7) is 1.61. The Bertz CT molecular complexity index is 1550. The number of para-hydroxylation sites is 1. The van der Waals surface area contributed by atoms with Crippen molar-refractivity contribution in [3.8, 4) is 11.6 Å². The average Bonchev–Trinajstić information content (AvgIpc) is 3.23. The summed E-state index contributed by atoms with van der Waals surface area (Å²) in [5, 5.41) is 4.91. The maximum atomic E-state index is 14.0. The second kappa shape index (κ2) is 11.9. The van der Waals surface area contributed by atoms with E-state index in [1.54, 1.807) is 79.7 Å². The molecule has 11 heteroatoms. The van der Waals surface area contributed by atoms with Crippen LogP contribution in [0.5, 0.6) is 5.88 Å². The van der Waals surface area contributed by atoms with Crippen LogP contribution in [0.2, 0.25) is 14.9 Å². The van der Waals surface area contributed by atoms with Crippen molar-refractivity contribution < 1.29 is 28.9 Å². The average molecular weight is 676 g/mol. The number of alkyl halides is 3. The van der Waals surface area contributed by atoms with E-state index in [0.717, 1.165) is 0 Å². The summed E-state index contributed by atoms with van der Waals surface area (Å²) in [5.74, 6) is -2.81. The molecule has 0 spiro atoms. The molecule has 0 fully saturated rings. The van der Waals surface area contributed by atoms with Gasteiger partial charge in [0.2, 0.25) is 0 Å². The van der Waals surface area contributed by atoms with Crippen LogP contribution in [0.3, 0.4) is 0 Å². The number of carbonyl (C=O) groups is 2. The van der Waals surface area contributed by atoms with Crippen molar-refractivity contribution in [2.24, 2.45) is 0 Å². The molecule has 0 N–H and O–H groups in total. The number of hydrogen-bond acceptors (Lipinski definition) is 5. The van der Waals surface area contributed by atoms with Gasteiger partial charge < -0.3 is 0 Å². The van der Waals surface area contributed by atoms with Crippen molar-refractivity contribution in [2.45, 2.75) is 23.0 Å². The normalized spacial score (nSPS) is 12.2. The molecule has 0 unspecified atom stereocenters. The van der Waals surface area contributed by atoms with Crippen molar-refractivity contribution in [1.82, 2.24) is 9.78 Å². The van der Waals surface area contributed by atoms with E-state index in [0.29, 0.717) is 28.0 Å². The van der Waals surface area contributed by atoms with Gasteiger partial charge in [-0.3, -0.25) is 0 Å². The first-order valence-corrected chi connectivity index (χ1v) is 20.5. The molecule has 206 valence electrons. The number of aromatic nitrogens is 2. The zero-order valence-corrected chi connectivity index (χ0v) is 25.3. The predicted molar refractivity (Wildman–Crippen MR) is 147 cm³/mol. The van der Waals surface area contributed by atoms with Gasteiger partial charge in [0.1, 0.15) is 0 Å². The number of rotatable bonds is 9. The van der Waals surface area contributed by atoms with Crippen molar-refractivity contribution >= 4 is 42.4 Å². The van der Waals surface area contributed by atoms with Crippen LogP contribution in [0.15, 0.2) is 96.8 Å². The molecule has 0 amide bonds. The Morgan fingerprint density at radius 2 is 1.48 bits per heavy atom. The van der Waals surface area contributed by atoms with E-state index in [9.17, 15) is 22.8 Å². The van der Waals surface area contributed by atoms with Gasteiger partial charge in [-0.2, -0.15) is 0 Å². The van der Waals surface area contributed by atoms with Gasteiger partial charge in [-0.05, 0) is 0 Å². The van der Waals surface area contributed by atoms with Crippen LogP contribution in [-0.2, 0) is 3.07 Å². The molecular formula is C29H24ClF3N2O4Sn. The minimum absolute atomic E-state index is 0.0413. The SMILES string of the molecule is Cc1nn(-c2ccccc2)c([O][Sn]([CH3])([CH3])[O]/C(=C\C(=O)c2ccccc2)C(F)(F)F)c1C(=O)c1ccc(Cl)cc1. The molecule has 1 heterocycles. The number of carbonyl (C=O) groups excluding carboxylic acids is 2. The van der Waals surface area contributed by atoms with Crippen LogP contribution < -0.4 is 3.07 Å². The fraction of sp³-hybridized carbons (Fsp3) is 0.138. The summed E-state index contributed by atoms with van der Waals surface area (Å²) in [6, 6.07) is 22.5. The van der Waals surface area contributed by atoms with E-state index in [1.807, 2.05) is 0 Å². The quantitative estimate of drug-likeness (QED) is 0.0796. The van der Waals surface area contributed by atoms with Crippen LogP contribution in [-0.4, -0.2) is 46.7 Å². The Morgan fingerprint density at radius 3 is 2.05 bits per heavy atom. The van der Waals surface area contributed by atoms with E-state index in [-0.39, 0.29) is 17.0 Å². The van der Waals surface area contributed by atoms with Gasteiger partial charge >= 0.3 is 240 Å². The monoisotopic (exact) mass is 676 g/mol. The number of aryl methyl sites for hydroxylation is 1. The summed E-state index contributed by atoms with van der Waals surface area (Å²) in [7, 11) is 0. The summed E-state index contributed by atoms with van der Waals surface area (Å²) in [6.07, 6.45) is -4.53. The van der Waals surface area contributed by atoms with Crippen molar-refractivity contribution in [3.05, 3.63) is 124 Å². The molecule has 4 aromatic rings. The second-order valence-corrected chi connectivity index (χ2v) is 18.8. The molecule has 0 saturated carbocycles. The molecule has 0 radical (unpaired) electrons. The number of allylic oxidation sites excluding steroid dienone is 2. The van der Waals surface area contributed by atoms with Crippen LogP contribution >= 0.6 is 11.6 Å². The van der Waals surface area contributed by atoms with Crippen molar-refractivity contribution in [3.63, 3.8) is 0 Å². The minimum atomic E-state index is -4.96. The van der Waals surface area contributed by atoms with Gasteiger partial charge in [-0.15, -0.1) is 0 Å². The van der Waals surface area contributed by atoms with Gasteiger partial charge in [0, 0.05) is 0 Å². The zero-order valence-electron chi connectivity index (χ0n) is 21.7. The molecule has 0 saturated heterocycles. The number of ketones is 2. The fourth-order valence-electron chi connectivity index (χ4n) is 3.84. The molecule has 40 heavy (non-hydrogen) atoms. The van der Waals surface area contributed by atoms with Crippen LogP contribution in [0.4, 0.5) is 13.2 Å². The van der Waals surface area contributed by atoms with E-state index in [4.69, 9.17) is 17.7 Å². The summed E-state index contributed by atoms with van der Waals surface area (Å²) in [4.78, 5) is 29.1. The number of benzene rings is 3. The van der Waals surface area contributed by atoms with Gasteiger partial charge in [0.25, 0.3) is 0 Å². The molecule has 4 rings (SSSR count). The fourth-order valence-corrected chi connectivity index (χ4v) is 7.97. The Balaban J connectivity index is 1.76. The number of hydrogen-bond donors (Lipinski definition) is 0. The van der Waals surface area contributed by atoms with Crippen LogP contribution in [0.25, 0.3) is 5.69 Å². The van der Waals surface area contributed by atoms with E-state index >= 15 is 0 Å². The number of halogens is 4. The molecule has 3 aromatic carbocycles. The summed E-state index contributed by atoms with van der Waals surface area (Å²) < 4.78 is 55.1. The third kappa shape index (κ3) is 6.95. The Hall–Kier alpha value is -3.57. The molecule has 0 bridgehead atoms. The predicted octanol–water partition coefficient (Wildman–Crippen LogP) is 7.49. The van der Waals surface area contributed by atoms with Gasteiger partial charge in [-0.25, -0.2) is 0 Å². The molecule has 0 atom stereocenters. The van der Waals surface area contributed by atoms with E-state index < -0.39 is 42.7 Å². The molecule has 0 aliphatic heterocycles. The summed E-state index contributed by atoms with van der Waals surface area (Å²) >= 11 is 1.26. The van der Waals surface area contributed by atoms with Crippen molar-refractivity contribution in [1.29, 1.82) is 0 Å².